The Morgan fingerprint density at radius 2 is 2.00 bits per heavy atom. The molecule has 0 fully saturated rings. The van der Waals surface area contributed by atoms with Crippen LogP contribution in [-0.4, -0.2) is 44.8 Å². The average Bonchev–Trinajstić information content (AvgIpc) is 3.18. The zero-order valence-electron chi connectivity index (χ0n) is 19.3. The van der Waals surface area contributed by atoms with Crippen molar-refractivity contribution in [1.82, 2.24) is 0 Å². The first-order valence-electron chi connectivity index (χ1n) is 10.8. The summed E-state index contributed by atoms with van der Waals surface area (Å²) in [5.41, 5.74) is 1.71. The standard InChI is InChI=1S/C24H26N2O7S/c1-4-31-24(29)22-16-7-5-14(2)9-19(16)34-23(22)26-20(27)12-33-21(28)13-32-17-8-6-15(11-25)10-18(17)30-3/h6,8,10,14H,4-5,7,9,12-13H2,1-3H3,(H,26,27)/t14-/m0/s1. The third-order valence-corrected chi connectivity index (χ3v) is 6.42. The zero-order valence-corrected chi connectivity index (χ0v) is 20.1. The molecule has 1 aliphatic carbocycles. The van der Waals surface area contributed by atoms with E-state index in [0.29, 0.717) is 27.8 Å². The van der Waals surface area contributed by atoms with Crippen LogP contribution in [0.15, 0.2) is 18.2 Å². The summed E-state index contributed by atoms with van der Waals surface area (Å²) >= 11 is 1.36. The number of benzene rings is 1. The number of anilines is 1. The number of esters is 2. The second kappa shape index (κ2) is 11.5. The van der Waals surface area contributed by atoms with Gasteiger partial charge in [-0.3, -0.25) is 4.79 Å². The van der Waals surface area contributed by atoms with E-state index in [1.807, 2.05) is 6.07 Å². The Kier molecular flexibility index (Phi) is 8.49. The van der Waals surface area contributed by atoms with E-state index in [1.54, 1.807) is 6.92 Å². The molecule has 0 radical (unpaired) electrons. The maximum atomic E-state index is 12.5. The highest BCUT2D eigenvalue weighted by molar-refractivity contribution is 7.17. The van der Waals surface area contributed by atoms with Crippen molar-refractivity contribution in [2.45, 2.75) is 33.1 Å². The van der Waals surface area contributed by atoms with E-state index < -0.39 is 31.1 Å². The summed E-state index contributed by atoms with van der Waals surface area (Å²) in [5, 5.41) is 12.1. The number of methoxy groups -OCH3 is 1. The predicted octanol–water partition coefficient (Wildman–Crippen LogP) is 3.49. The van der Waals surface area contributed by atoms with E-state index in [-0.39, 0.29) is 12.4 Å². The minimum absolute atomic E-state index is 0.231. The van der Waals surface area contributed by atoms with E-state index >= 15 is 0 Å². The van der Waals surface area contributed by atoms with Gasteiger partial charge in [0.15, 0.2) is 24.7 Å². The number of fused-ring (bicyclic) bond motifs is 1. The molecule has 1 atom stereocenters. The van der Waals surface area contributed by atoms with Gasteiger partial charge in [0.05, 0.1) is 30.9 Å². The number of thiophene rings is 1. The third-order valence-electron chi connectivity index (χ3n) is 5.25. The molecule has 1 N–H and O–H groups in total. The molecule has 0 bridgehead atoms. The highest BCUT2D eigenvalue weighted by atomic mass is 32.1. The van der Waals surface area contributed by atoms with Crippen molar-refractivity contribution in [2.24, 2.45) is 5.92 Å². The molecule has 0 unspecified atom stereocenters. The van der Waals surface area contributed by atoms with Crippen LogP contribution in [0.4, 0.5) is 5.00 Å². The van der Waals surface area contributed by atoms with Crippen molar-refractivity contribution in [3.63, 3.8) is 0 Å². The second-order valence-corrected chi connectivity index (χ2v) is 8.86. The van der Waals surface area contributed by atoms with Crippen LogP contribution < -0.4 is 14.8 Å². The van der Waals surface area contributed by atoms with Crippen LogP contribution in [-0.2, 0) is 31.9 Å². The number of ether oxygens (including phenoxy) is 4. The number of nitrogens with zero attached hydrogens (tertiary/aromatic N) is 1. The third kappa shape index (κ3) is 6.05. The SMILES string of the molecule is CCOC(=O)c1c(NC(=O)COC(=O)COc2ccc(C#N)cc2OC)sc2c1CC[C@H](C)C2. The first kappa shape index (κ1) is 25.1. The summed E-state index contributed by atoms with van der Waals surface area (Å²) in [4.78, 5) is 38.1. The number of nitriles is 1. The van der Waals surface area contributed by atoms with Crippen molar-refractivity contribution in [1.29, 1.82) is 5.26 Å². The number of hydrogen-bond donors (Lipinski definition) is 1. The molecule has 0 spiro atoms. The van der Waals surface area contributed by atoms with Crippen molar-refractivity contribution < 1.29 is 33.3 Å². The van der Waals surface area contributed by atoms with Gasteiger partial charge in [-0.1, -0.05) is 6.92 Å². The Balaban J connectivity index is 1.58. The van der Waals surface area contributed by atoms with Gasteiger partial charge < -0.3 is 24.3 Å². The van der Waals surface area contributed by atoms with Gasteiger partial charge in [0, 0.05) is 10.9 Å². The first-order valence-corrected chi connectivity index (χ1v) is 11.7. The molecule has 9 nitrogen and oxygen atoms in total. The number of carbonyl (C=O) groups is 3. The van der Waals surface area contributed by atoms with Gasteiger partial charge in [-0.2, -0.15) is 5.26 Å². The number of hydrogen-bond acceptors (Lipinski definition) is 9. The molecular weight excluding hydrogens is 460 g/mol. The van der Waals surface area contributed by atoms with Crippen LogP contribution in [0.25, 0.3) is 0 Å². The van der Waals surface area contributed by atoms with E-state index in [1.165, 1.54) is 36.6 Å². The van der Waals surface area contributed by atoms with Gasteiger partial charge in [0.1, 0.15) is 5.00 Å². The van der Waals surface area contributed by atoms with Crippen LogP contribution in [0.5, 0.6) is 11.5 Å². The second-order valence-electron chi connectivity index (χ2n) is 7.75. The molecule has 0 saturated carbocycles. The summed E-state index contributed by atoms with van der Waals surface area (Å²) < 4.78 is 20.7. The predicted molar refractivity (Wildman–Crippen MR) is 124 cm³/mol. The molecule has 0 saturated heterocycles. The van der Waals surface area contributed by atoms with Crippen LogP contribution in [0.3, 0.4) is 0 Å². The maximum Gasteiger partial charge on any atom is 0.344 e. The fourth-order valence-corrected chi connectivity index (χ4v) is 5.02. The quantitative estimate of drug-likeness (QED) is 0.534. The van der Waals surface area contributed by atoms with Gasteiger partial charge in [0.2, 0.25) is 0 Å². The smallest absolute Gasteiger partial charge is 0.344 e. The summed E-state index contributed by atoms with van der Waals surface area (Å²) in [5.74, 6) is -0.729. The molecule has 1 aromatic heterocycles. The van der Waals surface area contributed by atoms with Gasteiger partial charge in [0.25, 0.3) is 5.91 Å². The molecule has 34 heavy (non-hydrogen) atoms. The average molecular weight is 487 g/mol. The molecular formula is C24H26N2O7S. The molecule has 3 rings (SSSR count). The van der Waals surface area contributed by atoms with E-state index in [4.69, 9.17) is 24.2 Å². The summed E-state index contributed by atoms with van der Waals surface area (Å²) in [6, 6.07) is 6.50. The Bertz CT molecular complexity index is 1120. The summed E-state index contributed by atoms with van der Waals surface area (Å²) in [7, 11) is 1.42. The molecule has 180 valence electrons. The summed E-state index contributed by atoms with van der Waals surface area (Å²) in [6.45, 7) is 3.13. The lowest BCUT2D eigenvalue weighted by molar-refractivity contribution is -0.149. The van der Waals surface area contributed by atoms with Gasteiger partial charge in [-0.05, 0) is 49.8 Å². The first-order chi connectivity index (χ1) is 16.4. The molecule has 1 heterocycles. The fraction of sp³-hybridized carbons (Fsp3) is 0.417. The fourth-order valence-electron chi connectivity index (χ4n) is 3.60. The van der Waals surface area contributed by atoms with Crippen molar-refractivity contribution >= 4 is 34.2 Å². The van der Waals surface area contributed by atoms with E-state index in [2.05, 4.69) is 12.2 Å². The Morgan fingerprint density at radius 3 is 2.71 bits per heavy atom. The number of nitrogens with one attached hydrogen (secondary N) is 1. The number of carbonyl (C=O) groups excluding carboxylic acids is 3. The molecule has 1 amide bonds. The Labute approximate surface area is 201 Å². The normalized spacial score (nSPS) is 14.4. The highest BCUT2D eigenvalue weighted by Crippen LogP contribution is 2.40. The van der Waals surface area contributed by atoms with Crippen molar-refractivity contribution in [3.8, 4) is 17.6 Å². The van der Waals surface area contributed by atoms with Crippen molar-refractivity contribution in [2.75, 3.05) is 32.2 Å². The van der Waals surface area contributed by atoms with Crippen LogP contribution >= 0.6 is 11.3 Å². The molecule has 10 heteroatoms. The van der Waals surface area contributed by atoms with Crippen LogP contribution in [0.1, 0.15) is 46.6 Å². The lowest BCUT2D eigenvalue weighted by Gasteiger charge is -2.18. The van der Waals surface area contributed by atoms with Crippen LogP contribution in [0, 0.1) is 17.2 Å². The largest absolute Gasteiger partial charge is 0.493 e. The molecule has 1 aliphatic rings. The maximum absolute atomic E-state index is 12.5. The minimum Gasteiger partial charge on any atom is -0.493 e. The molecule has 0 aliphatic heterocycles. The van der Waals surface area contributed by atoms with Crippen molar-refractivity contribution in [3.05, 3.63) is 39.8 Å². The van der Waals surface area contributed by atoms with Gasteiger partial charge >= 0.3 is 11.9 Å². The number of rotatable bonds is 9. The lowest BCUT2D eigenvalue weighted by atomic mass is 9.88. The molecule has 1 aromatic carbocycles. The van der Waals surface area contributed by atoms with Gasteiger partial charge in [-0.25, -0.2) is 9.59 Å². The Hall–Kier alpha value is -3.58. The highest BCUT2D eigenvalue weighted by Gasteiger charge is 2.29. The van der Waals surface area contributed by atoms with Gasteiger partial charge in [-0.15, -0.1) is 11.3 Å². The van der Waals surface area contributed by atoms with Crippen LogP contribution in [0.2, 0.25) is 0 Å². The number of amides is 1. The van der Waals surface area contributed by atoms with E-state index in [0.717, 1.165) is 29.7 Å². The minimum atomic E-state index is -0.758. The Morgan fingerprint density at radius 1 is 1.21 bits per heavy atom. The summed E-state index contributed by atoms with van der Waals surface area (Å²) in [6.07, 6.45) is 2.56. The monoisotopic (exact) mass is 486 g/mol. The van der Waals surface area contributed by atoms with E-state index in [9.17, 15) is 14.4 Å². The molecule has 2 aromatic rings. The lowest BCUT2D eigenvalue weighted by Crippen LogP contribution is -2.24. The topological polar surface area (TPSA) is 124 Å². The zero-order chi connectivity index (χ0) is 24.7.